The molecule has 0 saturated heterocycles. The van der Waals surface area contributed by atoms with Crippen LogP contribution in [0.5, 0.6) is 5.75 Å². The largest absolute Gasteiger partial charge is 0.494 e. The fourth-order valence-electron chi connectivity index (χ4n) is 4.73. The lowest BCUT2D eigenvalue weighted by atomic mass is 9.84. The number of hydrogen-bond donors (Lipinski definition) is 1. The van der Waals surface area contributed by atoms with E-state index in [1.165, 1.54) is 24.0 Å². The summed E-state index contributed by atoms with van der Waals surface area (Å²) < 4.78 is 48.7. The Morgan fingerprint density at radius 2 is 2.00 bits per heavy atom. The number of anilines is 1. The van der Waals surface area contributed by atoms with Crippen LogP contribution in [0.1, 0.15) is 54.8 Å². The fourth-order valence-corrected chi connectivity index (χ4v) is 5.45. The zero-order valence-corrected chi connectivity index (χ0v) is 21.7. The van der Waals surface area contributed by atoms with Gasteiger partial charge in [-0.05, 0) is 43.7 Å². The highest BCUT2D eigenvalue weighted by Gasteiger charge is 2.33. The van der Waals surface area contributed by atoms with Crippen molar-refractivity contribution in [3.8, 4) is 5.75 Å². The molecular formula is C24H24F3IN6O2. The van der Waals surface area contributed by atoms with E-state index in [2.05, 4.69) is 44.8 Å². The Morgan fingerprint density at radius 1 is 1.25 bits per heavy atom. The lowest BCUT2D eigenvalue weighted by Gasteiger charge is -2.30. The van der Waals surface area contributed by atoms with Crippen LogP contribution in [-0.2, 0) is 6.18 Å². The molecule has 5 rings (SSSR count). The normalized spacial score (nSPS) is 19.5. The number of ether oxygens (including phenoxy) is 1. The molecule has 0 unspecified atom stereocenters. The molecule has 190 valence electrons. The van der Waals surface area contributed by atoms with Crippen LogP contribution >= 0.6 is 22.6 Å². The third kappa shape index (κ3) is 4.74. The summed E-state index contributed by atoms with van der Waals surface area (Å²) in [7, 11) is 1.48. The van der Waals surface area contributed by atoms with Crippen LogP contribution in [0.15, 0.2) is 36.9 Å². The maximum atomic E-state index is 13.1. The standard InChI is InChI=1S/C24H24F3IN6O2/c1-13(28)14-3-5-16(6-4-14)34-11-15-9-18(19(36-2)10-17(15)32-34)30-23(35)21-22-31-20(24(25,26)27)7-8-33(22)12-29-21/h7-14,16H,3-6H2,1-2H3,(H,30,35)/t13-,14?,16?/m0/s1. The number of imidazole rings is 1. The molecule has 8 nitrogen and oxygen atoms in total. The zero-order chi connectivity index (χ0) is 25.6. The predicted octanol–water partition coefficient (Wildman–Crippen LogP) is 5.91. The Hall–Kier alpha value is -2.90. The average molecular weight is 612 g/mol. The molecule has 3 aromatic heterocycles. The number of carbonyl (C=O) groups is 1. The number of rotatable bonds is 5. The van der Waals surface area contributed by atoms with Gasteiger partial charge < -0.3 is 10.1 Å². The molecule has 1 N–H and O–H groups in total. The Bertz CT molecular complexity index is 1420. The van der Waals surface area contributed by atoms with Gasteiger partial charge in [-0.1, -0.05) is 29.5 Å². The number of halogens is 4. The van der Waals surface area contributed by atoms with Gasteiger partial charge in [-0.25, -0.2) is 9.97 Å². The first-order chi connectivity index (χ1) is 17.1. The molecule has 0 aliphatic heterocycles. The van der Waals surface area contributed by atoms with Crippen LogP contribution in [0, 0.1) is 5.92 Å². The maximum absolute atomic E-state index is 13.1. The maximum Gasteiger partial charge on any atom is 0.433 e. The number of nitrogens with zero attached hydrogens (tertiary/aromatic N) is 5. The summed E-state index contributed by atoms with van der Waals surface area (Å²) in [5, 5.41) is 8.28. The number of aromatic nitrogens is 5. The first-order valence-electron chi connectivity index (χ1n) is 11.6. The number of nitrogens with one attached hydrogen (secondary N) is 1. The summed E-state index contributed by atoms with van der Waals surface area (Å²) in [6, 6.07) is 4.64. The highest BCUT2D eigenvalue weighted by molar-refractivity contribution is 14.1. The van der Waals surface area contributed by atoms with E-state index < -0.39 is 17.8 Å². The molecule has 12 heteroatoms. The lowest BCUT2D eigenvalue weighted by Crippen LogP contribution is -2.22. The molecular weight excluding hydrogens is 588 g/mol. The van der Waals surface area contributed by atoms with Gasteiger partial charge in [0, 0.05) is 27.8 Å². The molecule has 0 spiro atoms. The number of alkyl halides is 4. The van der Waals surface area contributed by atoms with Crippen molar-refractivity contribution < 1.29 is 22.7 Å². The minimum absolute atomic E-state index is 0.188. The quantitative estimate of drug-likeness (QED) is 0.224. The summed E-state index contributed by atoms with van der Waals surface area (Å²) in [5.74, 6) is 0.422. The van der Waals surface area contributed by atoms with Crippen LogP contribution in [-0.4, -0.2) is 41.1 Å². The Labute approximate surface area is 218 Å². The zero-order valence-electron chi connectivity index (χ0n) is 19.6. The van der Waals surface area contributed by atoms with E-state index in [-0.39, 0.29) is 11.3 Å². The van der Waals surface area contributed by atoms with E-state index in [0.717, 1.165) is 48.6 Å². The minimum Gasteiger partial charge on any atom is -0.494 e. The van der Waals surface area contributed by atoms with Crippen molar-refractivity contribution in [3.63, 3.8) is 0 Å². The number of methoxy groups -OCH3 is 1. The average Bonchev–Trinajstić information content (AvgIpc) is 3.46. The first-order valence-corrected chi connectivity index (χ1v) is 12.8. The fraction of sp³-hybridized carbons (Fsp3) is 0.417. The Kier molecular flexibility index (Phi) is 6.55. The molecule has 1 aliphatic rings. The van der Waals surface area contributed by atoms with E-state index in [1.807, 2.05) is 10.9 Å². The SMILES string of the molecule is COc1cc2nn(C3CCC([C@H](C)I)CC3)cc2cc1NC(=O)c1ncn2ccc(C(F)(F)F)nc12. The number of fused-ring (bicyclic) bond motifs is 2. The van der Waals surface area contributed by atoms with Gasteiger partial charge in [0.25, 0.3) is 5.91 Å². The summed E-state index contributed by atoms with van der Waals surface area (Å²) in [6.07, 6.45) is 4.20. The molecule has 1 amide bonds. The molecule has 36 heavy (non-hydrogen) atoms. The topological polar surface area (TPSA) is 86.3 Å². The summed E-state index contributed by atoms with van der Waals surface area (Å²) >= 11 is 2.50. The van der Waals surface area contributed by atoms with Gasteiger partial charge in [-0.3, -0.25) is 13.9 Å². The molecule has 3 heterocycles. The second kappa shape index (κ2) is 9.52. The van der Waals surface area contributed by atoms with E-state index in [4.69, 9.17) is 9.84 Å². The second-order valence-corrected chi connectivity index (χ2v) is 11.0. The molecule has 1 saturated carbocycles. The predicted molar refractivity (Wildman–Crippen MR) is 137 cm³/mol. The third-order valence-corrected chi connectivity index (χ3v) is 7.77. The van der Waals surface area contributed by atoms with Gasteiger partial charge in [-0.2, -0.15) is 18.3 Å². The minimum atomic E-state index is -4.64. The van der Waals surface area contributed by atoms with Crippen LogP contribution in [0.4, 0.5) is 18.9 Å². The number of amides is 1. The number of benzene rings is 1. The smallest absolute Gasteiger partial charge is 0.433 e. The highest BCUT2D eigenvalue weighted by Crippen LogP contribution is 2.37. The molecule has 0 bridgehead atoms. The highest BCUT2D eigenvalue weighted by atomic mass is 127. The summed E-state index contributed by atoms with van der Waals surface area (Å²) in [5.41, 5.74) is -0.409. The van der Waals surface area contributed by atoms with Crippen molar-refractivity contribution in [2.75, 3.05) is 12.4 Å². The lowest BCUT2D eigenvalue weighted by molar-refractivity contribution is -0.141. The Balaban J connectivity index is 1.41. The molecule has 1 aromatic carbocycles. The monoisotopic (exact) mass is 612 g/mol. The third-order valence-electron chi connectivity index (χ3n) is 6.75. The summed E-state index contributed by atoms with van der Waals surface area (Å²) in [6.45, 7) is 2.26. The Morgan fingerprint density at radius 3 is 2.67 bits per heavy atom. The second-order valence-electron chi connectivity index (χ2n) is 9.06. The number of hydrogen-bond acceptors (Lipinski definition) is 5. The van der Waals surface area contributed by atoms with Crippen LogP contribution in [0.3, 0.4) is 0 Å². The molecule has 1 aliphatic carbocycles. The van der Waals surface area contributed by atoms with Gasteiger partial charge in [0.15, 0.2) is 11.3 Å². The van der Waals surface area contributed by atoms with Gasteiger partial charge in [-0.15, -0.1) is 0 Å². The van der Waals surface area contributed by atoms with Crippen molar-refractivity contribution in [2.24, 2.45) is 5.92 Å². The van der Waals surface area contributed by atoms with Crippen molar-refractivity contribution in [2.45, 2.75) is 48.7 Å². The molecule has 0 radical (unpaired) electrons. The number of carbonyl (C=O) groups excluding carboxylic acids is 1. The van der Waals surface area contributed by atoms with E-state index >= 15 is 0 Å². The summed E-state index contributed by atoms with van der Waals surface area (Å²) in [4.78, 5) is 20.6. The molecule has 1 fully saturated rings. The van der Waals surface area contributed by atoms with Gasteiger partial charge in [0.05, 0.1) is 24.4 Å². The van der Waals surface area contributed by atoms with Crippen LogP contribution < -0.4 is 10.1 Å². The first kappa shape index (κ1) is 24.8. The van der Waals surface area contributed by atoms with Gasteiger partial charge in [0.2, 0.25) is 0 Å². The van der Waals surface area contributed by atoms with E-state index in [0.29, 0.717) is 21.4 Å². The van der Waals surface area contributed by atoms with Crippen LogP contribution in [0.2, 0.25) is 0 Å². The molecule has 1 atom stereocenters. The van der Waals surface area contributed by atoms with E-state index in [9.17, 15) is 18.0 Å². The van der Waals surface area contributed by atoms with Crippen molar-refractivity contribution in [1.82, 2.24) is 24.1 Å². The van der Waals surface area contributed by atoms with Gasteiger partial charge >= 0.3 is 6.18 Å². The van der Waals surface area contributed by atoms with Crippen molar-refractivity contribution >= 4 is 50.7 Å². The molecule has 4 aromatic rings. The van der Waals surface area contributed by atoms with Crippen molar-refractivity contribution in [3.05, 3.63) is 48.3 Å². The van der Waals surface area contributed by atoms with Crippen molar-refractivity contribution in [1.29, 1.82) is 0 Å². The van der Waals surface area contributed by atoms with E-state index in [1.54, 1.807) is 12.1 Å². The van der Waals surface area contributed by atoms with Gasteiger partial charge in [0.1, 0.15) is 17.8 Å². The van der Waals surface area contributed by atoms with Crippen LogP contribution in [0.25, 0.3) is 16.6 Å².